The van der Waals surface area contributed by atoms with Gasteiger partial charge in [-0.15, -0.1) is 11.3 Å². The van der Waals surface area contributed by atoms with Gasteiger partial charge in [-0.3, -0.25) is 9.78 Å². The molecule has 0 spiro atoms. The minimum absolute atomic E-state index is 0.0491. The molecule has 1 aromatic carbocycles. The minimum Gasteiger partial charge on any atom is -0.355 e. The first-order valence-corrected chi connectivity index (χ1v) is 10.1. The molecule has 2 atom stereocenters. The number of carbonyl (C=O) groups excluding carboxylic acids is 1. The SMILES string of the molecule is O=C(NC(c1ccccc1)c1cccs1)C1CCCN(c2cnccn2)C1. The summed E-state index contributed by atoms with van der Waals surface area (Å²) in [6, 6.07) is 14.2. The number of aromatic nitrogens is 2. The summed E-state index contributed by atoms with van der Waals surface area (Å²) in [6.07, 6.45) is 7.00. The van der Waals surface area contributed by atoms with Crippen molar-refractivity contribution in [3.05, 3.63) is 76.9 Å². The molecule has 1 saturated heterocycles. The van der Waals surface area contributed by atoms with E-state index in [-0.39, 0.29) is 17.9 Å². The van der Waals surface area contributed by atoms with Crippen molar-refractivity contribution >= 4 is 23.1 Å². The van der Waals surface area contributed by atoms with Gasteiger partial charge in [0.05, 0.1) is 18.2 Å². The lowest BCUT2D eigenvalue weighted by Gasteiger charge is -2.33. The third-order valence-corrected chi connectivity index (χ3v) is 5.85. The number of hydrogen-bond donors (Lipinski definition) is 1. The Morgan fingerprint density at radius 1 is 1.19 bits per heavy atom. The maximum atomic E-state index is 13.1. The summed E-state index contributed by atoms with van der Waals surface area (Å²) < 4.78 is 0. The molecule has 5 nitrogen and oxygen atoms in total. The molecule has 0 saturated carbocycles. The van der Waals surface area contributed by atoms with Gasteiger partial charge in [-0.25, -0.2) is 4.98 Å². The average molecular weight is 379 g/mol. The third kappa shape index (κ3) is 4.17. The van der Waals surface area contributed by atoms with Gasteiger partial charge >= 0.3 is 0 Å². The van der Waals surface area contributed by atoms with Crippen LogP contribution >= 0.6 is 11.3 Å². The van der Waals surface area contributed by atoms with E-state index >= 15 is 0 Å². The largest absolute Gasteiger partial charge is 0.355 e. The van der Waals surface area contributed by atoms with Gasteiger partial charge in [0, 0.05) is 30.4 Å². The summed E-state index contributed by atoms with van der Waals surface area (Å²) in [6.45, 7) is 1.59. The van der Waals surface area contributed by atoms with Crippen LogP contribution < -0.4 is 10.2 Å². The van der Waals surface area contributed by atoms with Crippen LogP contribution in [0.5, 0.6) is 0 Å². The Kier molecular flexibility index (Phi) is 5.44. The Bertz CT molecular complexity index is 854. The third-order valence-electron chi connectivity index (χ3n) is 4.91. The summed E-state index contributed by atoms with van der Waals surface area (Å²) in [5, 5.41) is 5.34. The Balaban J connectivity index is 1.49. The number of amides is 1. The van der Waals surface area contributed by atoms with E-state index in [1.165, 1.54) is 0 Å². The van der Waals surface area contributed by atoms with E-state index in [0.29, 0.717) is 6.54 Å². The second-order valence-corrected chi connectivity index (χ2v) is 7.70. The molecule has 1 N–H and O–H groups in total. The number of piperidine rings is 1. The van der Waals surface area contributed by atoms with Crippen molar-refractivity contribution < 1.29 is 4.79 Å². The Morgan fingerprint density at radius 3 is 2.81 bits per heavy atom. The highest BCUT2D eigenvalue weighted by atomic mass is 32.1. The van der Waals surface area contributed by atoms with E-state index < -0.39 is 0 Å². The highest BCUT2D eigenvalue weighted by Gasteiger charge is 2.29. The predicted octanol–water partition coefficient (Wildman–Crippen LogP) is 3.66. The van der Waals surface area contributed by atoms with E-state index in [1.54, 1.807) is 29.9 Å². The summed E-state index contributed by atoms with van der Waals surface area (Å²) >= 11 is 1.67. The molecule has 1 aliphatic rings. The molecule has 6 heteroatoms. The fourth-order valence-electron chi connectivity index (χ4n) is 3.53. The average Bonchev–Trinajstić information content (AvgIpc) is 3.28. The zero-order valence-corrected chi connectivity index (χ0v) is 15.8. The van der Waals surface area contributed by atoms with Crippen LogP contribution in [0.4, 0.5) is 5.82 Å². The molecule has 0 radical (unpaired) electrons. The van der Waals surface area contributed by atoms with E-state index in [4.69, 9.17) is 0 Å². The molecule has 3 aromatic rings. The monoisotopic (exact) mass is 378 g/mol. The first-order valence-electron chi connectivity index (χ1n) is 9.21. The highest BCUT2D eigenvalue weighted by molar-refractivity contribution is 7.10. The standard InChI is InChI=1S/C21H22N4OS/c26-21(17-8-4-12-25(15-17)19-14-22-10-11-23-19)24-20(18-9-5-13-27-18)16-6-2-1-3-7-16/h1-3,5-7,9-11,13-14,17,20H,4,8,12,15H2,(H,24,26). The maximum absolute atomic E-state index is 13.1. The van der Waals surface area contributed by atoms with Crippen molar-refractivity contribution in [1.82, 2.24) is 15.3 Å². The van der Waals surface area contributed by atoms with Crippen LogP contribution in [0.1, 0.15) is 29.3 Å². The fraction of sp³-hybridized carbons (Fsp3) is 0.286. The molecule has 2 aromatic heterocycles. The van der Waals surface area contributed by atoms with Crippen LogP contribution in [0.2, 0.25) is 0 Å². The van der Waals surface area contributed by atoms with Gasteiger partial charge in [0.25, 0.3) is 0 Å². The number of nitrogens with one attached hydrogen (secondary N) is 1. The fourth-order valence-corrected chi connectivity index (χ4v) is 4.34. The van der Waals surface area contributed by atoms with Crippen molar-refractivity contribution in [3.8, 4) is 0 Å². The van der Waals surface area contributed by atoms with Crippen LogP contribution in [0.25, 0.3) is 0 Å². The molecule has 0 aliphatic carbocycles. The van der Waals surface area contributed by atoms with Crippen molar-refractivity contribution in [2.24, 2.45) is 5.92 Å². The van der Waals surface area contributed by atoms with E-state index in [9.17, 15) is 4.79 Å². The second kappa shape index (κ2) is 8.31. The van der Waals surface area contributed by atoms with Crippen molar-refractivity contribution in [2.75, 3.05) is 18.0 Å². The minimum atomic E-state index is -0.106. The summed E-state index contributed by atoms with van der Waals surface area (Å²) in [4.78, 5) is 24.9. The van der Waals surface area contributed by atoms with Crippen molar-refractivity contribution in [1.29, 1.82) is 0 Å². The van der Waals surface area contributed by atoms with Crippen molar-refractivity contribution in [3.63, 3.8) is 0 Å². The summed E-state index contributed by atoms with van der Waals surface area (Å²) in [5.74, 6) is 0.894. The maximum Gasteiger partial charge on any atom is 0.225 e. The number of thiophene rings is 1. The van der Waals surface area contributed by atoms with Crippen LogP contribution in [-0.2, 0) is 4.79 Å². The topological polar surface area (TPSA) is 58.1 Å². The first-order chi connectivity index (χ1) is 13.3. The number of nitrogens with zero attached hydrogens (tertiary/aromatic N) is 3. The van der Waals surface area contributed by atoms with Crippen LogP contribution in [0.15, 0.2) is 66.4 Å². The lowest BCUT2D eigenvalue weighted by molar-refractivity contribution is -0.125. The van der Waals surface area contributed by atoms with Gasteiger partial charge in [0.15, 0.2) is 0 Å². The number of anilines is 1. The molecule has 1 amide bonds. The number of benzene rings is 1. The molecular formula is C21H22N4OS. The highest BCUT2D eigenvalue weighted by Crippen LogP contribution is 2.28. The molecule has 138 valence electrons. The van der Waals surface area contributed by atoms with Gasteiger partial charge in [-0.05, 0) is 29.9 Å². The number of hydrogen-bond acceptors (Lipinski definition) is 5. The number of rotatable bonds is 5. The molecule has 1 aliphatic heterocycles. The van der Waals surface area contributed by atoms with Crippen LogP contribution in [0, 0.1) is 5.92 Å². The summed E-state index contributed by atoms with van der Waals surface area (Å²) in [5.41, 5.74) is 1.11. The smallest absolute Gasteiger partial charge is 0.225 e. The molecule has 0 bridgehead atoms. The van der Waals surface area contributed by atoms with E-state index in [1.807, 2.05) is 29.6 Å². The second-order valence-electron chi connectivity index (χ2n) is 6.72. The molecule has 1 fully saturated rings. The predicted molar refractivity (Wildman–Crippen MR) is 108 cm³/mol. The molecule has 4 rings (SSSR count). The Labute approximate surface area is 163 Å². The molecule has 2 unspecified atom stereocenters. The zero-order valence-electron chi connectivity index (χ0n) is 15.0. The van der Waals surface area contributed by atoms with Gasteiger partial charge in [-0.1, -0.05) is 36.4 Å². The van der Waals surface area contributed by atoms with Crippen LogP contribution in [-0.4, -0.2) is 29.0 Å². The van der Waals surface area contributed by atoms with E-state index in [2.05, 4.69) is 38.4 Å². The summed E-state index contributed by atoms with van der Waals surface area (Å²) in [7, 11) is 0. The van der Waals surface area contributed by atoms with Gasteiger partial charge in [-0.2, -0.15) is 0 Å². The van der Waals surface area contributed by atoms with Crippen molar-refractivity contribution in [2.45, 2.75) is 18.9 Å². The van der Waals surface area contributed by atoms with E-state index in [0.717, 1.165) is 35.6 Å². The normalized spacial score (nSPS) is 18.1. The first kappa shape index (κ1) is 17.7. The quantitative estimate of drug-likeness (QED) is 0.736. The molecule has 3 heterocycles. The Morgan fingerprint density at radius 2 is 2.07 bits per heavy atom. The lowest BCUT2D eigenvalue weighted by atomic mass is 9.96. The zero-order chi connectivity index (χ0) is 18.5. The Hall–Kier alpha value is -2.73. The van der Waals surface area contributed by atoms with Gasteiger partial charge in [0.2, 0.25) is 5.91 Å². The van der Waals surface area contributed by atoms with Crippen LogP contribution in [0.3, 0.4) is 0 Å². The number of carbonyl (C=O) groups is 1. The van der Waals surface area contributed by atoms with Gasteiger partial charge < -0.3 is 10.2 Å². The molecule has 27 heavy (non-hydrogen) atoms. The molecular weight excluding hydrogens is 356 g/mol. The van der Waals surface area contributed by atoms with Gasteiger partial charge in [0.1, 0.15) is 5.82 Å². The lowest BCUT2D eigenvalue weighted by Crippen LogP contribution is -2.44.